The Morgan fingerprint density at radius 1 is 0.724 bits per heavy atom. The van der Waals surface area contributed by atoms with Crippen molar-refractivity contribution >= 4 is 110 Å². The summed E-state index contributed by atoms with van der Waals surface area (Å²) < 4.78 is 15.0. The number of carbonyl (C=O) groups is 5. The third kappa shape index (κ3) is 11.5. The SMILES string of the molecule is Cc1c(C(=O)O)cc(-c2cc(NCc3ccc(Cl)s3)n(C(=O)c3ncco3)n2)n(Cc2ncccn2)c1=O.O=C(Cn1c(-c2cc(NCc3ccc(Cl)s3)n(C(=O)c3ccsn3)n2)ccc(C(=O)O)c1=O)c1cncs1. The predicted molar refractivity (Wildman–Crippen MR) is 281 cm³/mol. The first-order valence-electron chi connectivity index (χ1n) is 21.8. The zero-order valence-corrected chi connectivity index (χ0v) is 43.5. The zero-order valence-electron chi connectivity index (χ0n) is 38.7. The Morgan fingerprint density at radius 3 is 1.92 bits per heavy atom. The van der Waals surface area contributed by atoms with E-state index in [1.54, 1.807) is 35.7 Å². The summed E-state index contributed by atoms with van der Waals surface area (Å²) in [5.74, 6) is -3.61. The smallest absolute Gasteiger partial charge is 0.341 e. The van der Waals surface area contributed by atoms with Crippen LogP contribution in [0, 0.1) is 6.92 Å². The van der Waals surface area contributed by atoms with Crippen LogP contribution in [0.15, 0.2) is 123 Å². The lowest BCUT2D eigenvalue weighted by atomic mass is 10.1. The fraction of sp³-hybridized carbons (Fsp3) is 0.106. The Labute approximate surface area is 452 Å². The lowest BCUT2D eigenvalue weighted by molar-refractivity contribution is 0.0684. The molecule has 0 aromatic carbocycles. The maximum Gasteiger partial charge on any atom is 0.341 e. The minimum atomic E-state index is -1.43. The number of carboxylic acids is 2. The first-order chi connectivity index (χ1) is 36.6. The van der Waals surface area contributed by atoms with Gasteiger partial charge in [0.1, 0.15) is 46.4 Å². The van der Waals surface area contributed by atoms with Crippen molar-refractivity contribution in [1.82, 2.24) is 53.0 Å². The summed E-state index contributed by atoms with van der Waals surface area (Å²) in [5, 5.41) is 36.0. The van der Waals surface area contributed by atoms with E-state index in [-0.39, 0.29) is 57.8 Å². The Bertz CT molecular complexity index is 3900. The van der Waals surface area contributed by atoms with Crippen LogP contribution in [0.4, 0.5) is 11.6 Å². The zero-order chi connectivity index (χ0) is 53.6. The molecule has 384 valence electrons. The van der Waals surface area contributed by atoms with E-state index in [0.717, 1.165) is 52.6 Å². The molecule has 29 heteroatoms. The molecule has 0 atom stereocenters. The molecule has 10 heterocycles. The summed E-state index contributed by atoms with van der Waals surface area (Å²) in [6, 6.07) is 17.4. The van der Waals surface area contributed by atoms with Crippen LogP contribution in [0.1, 0.15) is 72.7 Å². The second-order valence-electron chi connectivity index (χ2n) is 15.7. The minimum absolute atomic E-state index is 0.0420. The summed E-state index contributed by atoms with van der Waals surface area (Å²) in [4.78, 5) is 107. The molecule has 0 amide bonds. The van der Waals surface area contributed by atoms with Crippen LogP contribution in [-0.4, -0.2) is 92.8 Å². The molecule has 23 nitrogen and oxygen atoms in total. The van der Waals surface area contributed by atoms with Gasteiger partial charge in [-0.3, -0.25) is 38.1 Å². The van der Waals surface area contributed by atoms with Crippen LogP contribution in [-0.2, 0) is 26.2 Å². The number of anilines is 2. The molecule has 0 bridgehead atoms. The summed E-state index contributed by atoms with van der Waals surface area (Å²) in [7, 11) is 0. The van der Waals surface area contributed by atoms with Gasteiger partial charge in [-0.2, -0.15) is 23.9 Å². The maximum atomic E-state index is 13.3. The van der Waals surface area contributed by atoms with Crippen molar-refractivity contribution in [3.8, 4) is 22.8 Å². The Kier molecular flexibility index (Phi) is 15.7. The largest absolute Gasteiger partial charge is 0.478 e. The van der Waals surface area contributed by atoms with Crippen LogP contribution in [0.3, 0.4) is 0 Å². The van der Waals surface area contributed by atoms with Crippen molar-refractivity contribution in [2.75, 3.05) is 10.6 Å². The molecule has 10 aromatic heterocycles. The third-order valence-electron chi connectivity index (χ3n) is 10.9. The first-order valence-corrected chi connectivity index (χ1v) is 25.9. The molecular formula is C47H33Cl2N13O10S4. The topological polar surface area (TPSA) is 307 Å². The van der Waals surface area contributed by atoms with Crippen molar-refractivity contribution in [2.45, 2.75) is 33.1 Å². The number of pyridine rings is 2. The molecule has 4 N–H and O–H groups in total. The number of carboxylic acid groups (broad SMARTS) is 2. The van der Waals surface area contributed by atoms with Gasteiger partial charge in [0.05, 0.1) is 68.4 Å². The normalized spacial score (nSPS) is 11.0. The number of carbonyl (C=O) groups excluding carboxylic acids is 3. The Hall–Kier alpha value is -8.60. The lowest BCUT2D eigenvalue weighted by Gasteiger charge is -2.13. The fourth-order valence-electron chi connectivity index (χ4n) is 7.26. The number of aromatic carboxylic acids is 2. The number of nitrogens with one attached hydrogen (secondary N) is 2. The number of hydrogen-bond donors (Lipinski definition) is 4. The van der Waals surface area contributed by atoms with Crippen molar-refractivity contribution < 1.29 is 38.6 Å². The quantitative estimate of drug-likeness (QED) is 0.0632. The van der Waals surface area contributed by atoms with E-state index in [1.165, 1.54) is 88.9 Å². The predicted octanol–water partition coefficient (Wildman–Crippen LogP) is 7.78. The molecule has 0 aliphatic rings. The van der Waals surface area contributed by atoms with Gasteiger partial charge in [-0.25, -0.2) is 24.5 Å². The summed E-state index contributed by atoms with van der Waals surface area (Å²) in [6.45, 7) is 1.59. The van der Waals surface area contributed by atoms with Gasteiger partial charge in [0.15, 0.2) is 5.78 Å². The first kappa shape index (κ1) is 52.3. The van der Waals surface area contributed by atoms with Crippen molar-refractivity contribution in [3.05, 3.63) is 187 Å². The number of nitrogens with zero attached hydrogens (tertiary/aromatic N) is 11. The maximum absolute atomic E-state index is 13.3. The van der Waals surface area contributed by atoms with E-state index >= 15 is 0 Å². The van der Waals surface area contributed by atoms with E-state index in [4.69, 9.17) is 27.6 Å². The average molecular weight is 1140 g/mol. The van der Waals surface area contributed by atoms with Crippen molar-refractivity contribution in [2.24, 2.45) is 0 Å². The Balaban J connectivity index is 0.000000186. The van der Waals surface area contributed by atoms with Gasteiger partial charge in [-0.15, -0.1) is 34.0 Å². The summed E-state index contributed by atoms with van der Waals surface area (Å²) >= 11 is 17.0. The standard InChI is InChI=1S/C24H18ClN7O5S.C23H15ClN6O5S3/c1-13-15(24(35)36)9-17(31(22(13)33)12-19-26-5-2-6-27-19)16-10-20(29-11-14-3-4-18(25)38-14)32(30-16)23(34)21-28-7-8-37-21;24-19-4-1-12(38-19)8-26-20-7-15(27-30(20)22(33)14-5-6-37-28-14)16-3-2-13(23(34)35)21(32)29(16)10-17(31)18-9-25-11-36-18/h2-10,29H,11-12H2,1H3,(H,35,36);1-7,9,11,26H,8,10H2,(H,34,35). The summed E-state index contributed by atoms with van der Waals surface area (Å²) in [5.41, 5.74) is 0.221. The van der Waals surface area contributed by atoms with Crippen LogP contribution in [0.2, 0.25) is 8.67 Å². The van der Waals surface area contributed by atoms with Gasteiger partial charge >= 0.3 is 17.8 Å². The lowest BCUT2D eigenvalue weighted by Crippen LogP contribution is -2.30. The molecule has 0 saturated heterocycles. The van der Waals surface area contributed by atoms with E-state index in [1.807, 2.05) is 12.1 Å². The van der Waals surface area contributed by atoms with Gasteiger partial charge in [0, 0.05) is 51.4 Å². The number of thiophene rings is 2. The second kappa shape index (κ2) is 22.9. The number of Topliss-reactive ketones (excluding diaryl/α,β-unsaturated/α-hetero) is 1. The number of hydrogen-bond acceptors (Lipinski definition) is 21. The number of aromatic nitrogens is 11. The van der Waals surface area contributed by atoms with Gasteiger partial charge in [0.2, 0.25) is 0 Å². The monoisotopic (exact) mass is 1140 g/mol. The van der Waals surface area contributed by atoms with Crippen molar-refractivity contribution in [3.63, 3.8) is 0 Å². The Morgan fingerprint density at radius 2 is 1.37 bits per heavy atom. The molecule has 0 saturated carbocycles. The molecule has 0 aliphatic carbocycles. The molecule has 0 spiro atoms. The van der Waals surface area contributed by atoms with Gasteiger partial charge < -0.3 is 25.3 Å². The number of ketones is 1. The van der Waals surface area contributed by atoms with E-state index in [9.17, 15) is 43.8 Å². The number of rotatable bonds is 17. The molecule has 0 aliphatic heterocycles. The fourth-order valence-corrected chi connectivity index (χ4v) is 10.4. The van der Waals surface area contributed by atoms with Gasteiger partial charge in [0.25, 0.3) is 22.9 Å². The summed E-state index contributed by atoms with van der Waals surface area (Å²) in [6.07, 6.45) is 7.03. The van der Waals surface area contributed by atoms with Crippen LogP contribution in [0.5, 0.6) is 0 Å². The minimum Gasteiger partial charge on any atom is -0.478 e. The van der Waals surface area contributed by atoms with E-state index < -0.39 is 52.8 Å². The molecule has 10 rings (SSSR count). The highest BCUT2D eigenvalue weighted by atomic mass is 35.5. The van der Waals surface area contributed by atoms with E-state index in [2.05, 4.69) is 45.1 Å². The molecule has 0 radical (unpaired) electrons. The molecule has 76 heavy (non-hydrogen) atoms. The molecule has 10 aromatic rings. The van der Waals surface area contributed by atoms with Gasteiger partial charge in [-0.05, 0) is 73.1 Å². The highest BCUT2D eigenvalue weighted by Crippen LogP contribution is 2.29. The number of halogens is 2. The van der Waals surface area contributed by atoms with Gasteiger partial charge in [-0.1, -0.05) is 23.2 Å². The molecular weight excluding hydrogens is 1110 g/mol. The highest BCUT2D eigenvalue weighted by molar-refractivity contribution is 7.16. The molecule has 0 unspecified atom stereocenters. The highest BCUT2D eigenvalue weighted by Gasteiger charge is 2.26. The van der Waals surface area contributed by atoms with Crippen LogP contribution >= 0.6 is 68.7 Å². The molecule has 0 fully saturated rings. The number of oxazole rings is 1. The average Bonchev–Trinajstić information content (AvgIpc) is 4.26. The van der Waals surface area contributed by atoms with Crippen LogP contribution in [0.25, 0.3) is 22.8 Å². The number of thiazole rings is 1. The second-order valence-corrected chi connectivity index (χ2v) is 20.8. The van der Waals surface area contributed by atoms with E-state index in [0.29, 0.717) is 38.3 Å². The third-order valence-corrected chi connectivity index (χ3v) is 14.7. The van der Waals surface area contributed by atoms with Crippen LogP contribution < -0.4 is 21.8 Å². The van der Waals surface area contributed by atoms with Crippen molar-refractivity contribution in [1.29, 1.82) is 0 Å².